The number of hydrogen-bond acceptors (Lipinski definition) is 7. The van der Waals surface area contributed by atoms with Crippen molar-refractivity contribution in [2.45, 2.75) is 26.5 Å². The Morgan fingerprint density at radius 3 is 2.80 bits per heavy atom. The molecule has 4 rings (SSSR count). The molecule has 1 N–H and O–H groups in total. The zero-order valence-corrected chi connectivity index (χ0v) is 21.6. The van der Waals surface area contributed by atoms with Crippen LogP contribution >= 0.6 is 27.3 Å². The van der Waals surface area contributed by atoms with Gasteiger partial charge in [-0.3, -0.25) is 14.2 Å². The number of halogens is 1. The first kappa shape index (κ1) is 24.6. The summed E-state index contributed by atoms with van der Waals surface area (Å²) in [5.41, 5.74) is 3.92. The second-order valence-electron chi connectivity index (χ2n) is 7.56. The van der Waals surface area contributed by atoms with Crippen LogP contribution in [0.2, 0.25) is 0 Å². The van der Waals surface area contributed by atoms with Gasteiger partial charge in [-0.05, 0) is 51.7 Å². The van der Waals surface area contributed by atoms with Gasteiger partial charge in [0, 0.05) is 4.88 Å². The molecule has 0 unspecified atom stereocenters. The van der Waals surface area contributed by atoms with E-state index in [2.05, 4.69) is 31.4 Å². The summed E-state index contributed by atoms with van der Waals surface area (Å²) in [6.45, 7) is 2.23. The van der Waals surface area contributed by atoms with Gasteiger partial charge >= 0.3 is 0 Å². The molecule has 35 heavy (non-hydrogen) atoms. The van der Waals surface area contributed by atoms with Crippen LogP contribution in [-0.4, -0.2) is 28.8 Å². The van der Waals surface area contributed by atoms with Gasteiger partial charge in [-0.25, -0.2) is 10.4 Å². The normalized spacial score (nSPS) is 11.2. The zero-order chi connectivity index (χ0) is 24.8. The van der Waals surface area contributed by atoms with Gasteiger partial charge in [-0.15, -0.1) is 11.3 Å². The van der Waals surface area contributed by atoms with E-state index in [0.717, 1.165) is 16.9 Å². The zero-order valence-electron chi connectivity index (χ0n) is 19.2. The smallest absolute Gasteiger partial charge is 0.262 e. The summed E-state index contributed by atoms with van der Waals surface area (Å²) >= 11 is 5.00. The quantitative estimate of drug-likeness (QED) is 0.242. The molecule has 0 saturated heterocycles. The van der Waals surface area contributed by atoms with Gasteiger partial charge in [0.25, 0.3) is 11.5 Å². The number of rotatable bonds is 9. The van der Waals surface area contributed by atoms with E-state index in [0.29, 0.717) is 38.4 Å². The average molecular weight is 555 g/mol. The van der Waals surface area contributed by atoms with E-state index in [-0.39, 0.29) is 12.1 Å². The number of nitrogens with one attached hydrogen (secondary N) is 1. The van der Waals surface area contributed by atoms with Crippen molar-refractivity contribution >= 4 is 49.6 Å². The minimum Gasteiger partial charge on any atom is -0.493 e. The molecule has 0 saturated carbocycles. The molecule has 0 aliphatic heterocycles. The molecule has 0 aliphatic carbocycles. The molecule has 180 valence electrons. The van der Waals surface area contributed by atoms with Crippen molar-refractivity contribution in [3.63, 3.8) is 0 Å². The lowest BCUT2D eigenvalue weighted by Gasteiger charge is -2.13. The fourth-order valence-electron chi connectivity index (χ4n) is 3.35. The molecular weight excluding hydrogens is 532 g/mol. The molecule has 2 aromatic heterocycles. The van der Waals surface area contributed by atoms with Gasteiger partial charge in [0.1, 0.15) is 18.0 Å². The summed E-state index contributed by atoms with van der Waals surface area (Å²) in [6.07, 6.45) is 3.71. The van der Waals surface area contributed by atoms with E-state index in [9.17, 15) is 9.59 Å². The maximum atomic E-state index is 12.7. The Balaban J connectivity index is 1.41. The van der Waals surface area contributed by atoms with Crippen LogP contribution in [0.15, 0.2) is 69.2 Å². The second kappa shape index (κ2) is 11.3. The molecule has 0 spiro atoms. The van der Waals surface area contributed by atoms with Crippen LogP contribution in [0, 0.1) is 0 Å². The lowest BCUT2D eigenvalue weighted by Crippen LogP contribution is -2.29. The van der Waals surface area contributed by atoms with Gasteiger partial charge in [0.05, 0.1) is 29.5 Å². The molecular formula is C25H23BrN4O4S. The van der Waals surface area contributed by atoms with Crippen LogP contribution in [0.4, 0.5) is 0 Å². The standard InChI is InChI=1S/C25H23BrN4O4S/c1-3-18-11-19-24(35-18)27-15-30(25(19)32)13-22(31)29-28-12-17-9-20(26)23(21(10-17)33-2)34-14-16-7-5-4-6-8-16/h4-12,15H,3,13-14H2,1-2H3,(H,29,31). The van der Waals surface area contributed by atoms with Crippen molar-refractivity contribution in [2.75, 3.05) is 7.11 Å². The Morgan fingerprint density at radius 2 is 2.06 bits per heavy atom. The summed E-state index contributed by atoms with van der Waals surface area (Å²) in [5, 5.41) is 4.54. The summed E-state index contributed by atoms with van der Waals surface area (Å²) in [4.78, 5) is 31.1. The number of benzene rings is 2. The van der Waals surface area contributed by atoms with Crippen LogP contribution in [0.5, 0.6) is 11.5 Å². The Hall–Kier alpha value is -3.50. The number of aryl methyl sites for hydroxylation is 1. The summed E-state index contributed by atoms with van der Waals surface area (Å²) in [5.74, 6) is 0.653. The van der Waals surface area contributed by atoms with E-state index in [1.165, 1.54) is 28.4 Å². The number of thiophene rings is 1. The Kier molecular flexibility index (Phi) is 7.94. The highest BCUT2D eigenvalue weighted by Gasteiger charge is 2.13. The third-order valence-electron chi connectivity index (χ3n) is 5.11. The van der Waals surface area contributed by atoms with Crippen LogP contribution in [0.25, 0.3) is 10.2 Å². The van der Waals surface area contributed by atoms with Crippen molar-refractivity contribution in [1.82, 2.24) is 15.0 Å². The molecule has 2 aromatic carbocycles. The molecule has 4 aromatic rings. The third kappa shape index (κ3) is 5.95. The van der Waals surface area contributed by atoms with E-state index in [1.807, 2.05) is 49.4 Å². The lowest BCUT2D eigenvalue weighted by atomic mass is 10.2. The molecule has 0 atom stereocenters. The second-order valence-corrected chi connectivity index (χ2v) is 9.53. The lowest BCUT2D eigenvalue weighted by molar-refractivity contribution is -0.121. The Labute approximate surface area is 214 Å². The summed E-state index contributed by atoms with van der Waals surface area (Å²) in [7, 11) is 1.55. The van der Waals surface area contributed by atoms with Gasteiger partial charge in [-0.1, -0.05) is 37.3 Å². The fourth-order valence-corrected chi connectivity index (χ4v) is 4.85. The number of carbonyl (C=O) groups excluding carboxylic acids is 1. The number of hydrogen-bond donors (Lipinski definition) is 1. The van der Waals surface area contributed by atoms with Crippen LogP contribution < -0.4 is 20.5 Å². The maximum absolute atomic E-state index is 12.7. The van der Waals surface area contributed by atoms with Crippen molar-refractivity contribution in [3.8, 4) is 11.5 Å². The summed E-state index contributed by atoms with van der Waals surface area (Å²) < 4.78 is 13.4. The van der Waals surface area contributed by atoms with Gasteiger partial charge in [0.2, 0.25) is 0 Å². The largest absolute Gasteiger partial charge is 0.493 e. The Bertz CT molecular complexity index is 1430. The molecule has 0 fully saturated rings. The van der Waals surface area contributed by atoms with Crippen LogP contribution in [0.3, 0.4) is 0 Å². The third-order valence-corrected chi connectivity index (χ3v) is 6.89. The number of ether oxygens (including phenoxy) is 2. The first-order chi connectivity index (χ1) is 17.0. The molecule has 10 heteroatoms. The van der Waals surface area contributed by atoms with Crippen molar-refractivity contribution in [1.29, 1.82) is 0 Å². The number of carbonyl (C=O) groups is 1. The number of fused-ring (bicyclic) bond motifs is 1. The first-order valence-corrected chi connectivity index (χ1v) is 12.4. The van der Waals surface area contributed by atoms with Gasteiger partial charge < -0.3 is 9.47 Å². The van der Waals surface area contributed by atoms with Crippen molar-refractivity contribution in [2.24, 2.45) is 5.10 Å². The average Bonchev–Trinajstić information content (AvgIpc) is 3.30. The monoisotopic (exact) mass is 554 g/mol. The van der Waals surface area contributed by atoms with Crippen molar-refractivity contribution in [3.05, 3.63) is 85.7 Å². The van der Waals surface area contributed by atoms with Gasteiger partial charge in [-0.2, -0.15) is 5.10 Å². The first-order valence-electron chi connectivity index (χ1n) is 10.8. The predicted molar refractivity (Wildman–Crippen MR) is 140 cm³/mol. The molecule has 2 heterocycles. The van der Waals surface area contributed by atoms with E-state index < -0.39 is 5.91 Å². The highest BCUT2D eigenvalue weighted by Crippen LogP contribution is 2.36. The fraction of sp³-hybridized carbons (Fsp3) is 0.200. The van der Waals surface area contributed by atoms with Crippen LogP contribution in [-0.2, 0) is 24.4 Å². The highest BCUT2D eigenvalue weighted by atomic mass is 79.9. The maximum Gasteiger partial charge on any atom is 0.262 e. The van der Waals surface area contributed by atoms with Crippen molar-refractivity contribution < 1.29 is 14.3 Å². The molecule has 0 aliphatic rings. The summed E-state index contributed by atoms with van der Waals surface area (Å²) in [6, 6.07) is 15.2. The van der Waals surface area contributed by atoms with Gasteiger partial charge in [0.15, 0.2) is 11.5 Å². The number of methoxy groups -OCH3 is 1. The number of amides is 1. The molecule has 0 bridgehead atoms. The number of nitrogens with zero attached hydrogens (tertiary/aromatic N) is 3. The molecule has 0 radical (unpaired) electrons. The molecule has 1 amide bonds. The van der Waals surface area contributed by atoms with E-state index in [4.69, 9.17) is 9.47 Å². The number of hydrazone groups is 1. The number of aromatic nitrogens is 2. The van der Waals surface area contributed by atoms with E-state index in [1.54, 1.807) is 13.2 Å². The predicted octanol–water partition coefficient (Wildman–Crippen LogP) is 4.52. The SMILES string of the molecule is CCc1cc2c(=O)n(CC(=O)NN=Cc3cc(Br)c(OCc4ccccc4)c(OC)c3)cnc2s1. The van der Waals surface area contributed by atoms with E-state index >= 15 is 0 Å². The highest BCUT2D eigenvalue weighted by molar-refractivity contribution is 9.10. The Morgan fingerprint density at radius 1 is 1.26 bits per heavy atom. The minimum atomic E-state index is -0.440. The topological polar surface area (TPSA) is 94.8 Å². The molecule has 8 nitrogen and oxygen atoms in total. The van der Waals surface area contributed by atoms with Crippen LogP contribution in [0.1, 0.15) is 22.9 Å². The minimum absolute atomic E-state index is 0.185.